The molecule has 1 N–H and O–H groups in total. The van der Waals surface area contributed by atoms with Crippen LogP contribution >= 0.6 is 0 Å². The molecule has 6 nitrogen and oxygen atoms in total. The van der Waals surface area contributed by atoms with Crippen molar-refractivity contribution in [2.24, 2.45) is 0 Å². The van der Waals surface area contributed by atoms with Crippen molar-refractivity contribution in [1.29, 1.82) is 0 Å². The van der Waals surface area contributed by atoms with Gasteiger partial charge in [-0.05, 0) is 18.6 Å². The van der Waals surface area contributed by atoms with E-state index in [4.69, 9.17) is 14.6 Å². The zero-order valence-electron chi connectivity index (χ0n) is 10.6. The SMILES string of the molecule is COC(=O)c1c(OC)cc(C)c(C(=O)O)c1OC. The van der Waals surface area contributed by atoms with Crippen LogP contribution in [-0.4, -0.2) is 38.4 Å². The van der Waals surface area contributed by atoms with Crippen LogP contribution in [0.3, 0.4) is 0 Å². The van der Waals surface area contributed by atoms with Crippen LogP contribution in [0.4, 0.5) is 0 Å². The van der Waals surface area contributed by atoms with Gasteiger partial charge in [0, 0.05) is 0 Å². The third-order valence-corrected chi connectivity index (χ3v) is 2.47. The minimum atomic E-state index is -1.18. The average molecular weight is 254 g/mol. The first-order valence-corrected chi connectivity index (χ1v) is 5.05. The maximum atomic E-state index is 11.7. The van der Waals surface area contributed by atoms with E-state index < -0.39 is 11.9 Å². The second-order valence-corrected chi connectivity index (χ2v) is 3.48. The highest BCUT2D eigenvalue weighted by molar-refractivity contribution is 6.02. The molecule has 0 aliphatic carbocycles. The molecular weight excluding hydrogens is 240 g/mol. The fraction of sp³-hybridized carbons (Fsp3) is 0.333. The van der Waals surface area contributed by atoms with Crippen LogP contribution in [0.15, 0.2) is 6.07 Å². The fourth-order valence-corrected chi connectivity index (χ4v) is 1.68. The lowest BCUT2D eigenvalue weighted by atomic mass is 10.0. The van der Waals surface area contributed by atoms with Gasteiger partial charge in [0.1, 0.15) is 16.9 Å². The fourth-order valence-electron chi connectivity index (χ4n) is 1.68. The van der Waals surface area contributed by atoms with Gasteiger partial charge in [0.25, 0.3) is 0 Å². The summed E-state index contributed by atoms with van der Waals surface area (Å²) in [5.74, 6) is -1.75. The first-order chi connectivity index (χ1) is 8.47. The molecule has 0 amide bonds. The predicted molar refractivity (Wildman–Crippen MR) is 62.6 cm³/mol. The summed E-state index contributed by atoms with van der Waals surface area (Å²) >= 11 is 0. The molecule has 0 saturated heterocycles. The number of ether oxygens (including phenoxy) is 3. The number of carboxylic acid groups (broad SMARTS) is 1. The molecule has 6 heteroatoms. The topological polar surface area (TPSA) is 82.1 Å². The molecule has 0 heterocycles. The molecule has 1 aromatic rings. The molecular formula is C12H14O6. The zero-order chi connectivity index (χ0) is 13.9. The normalized spacial score (nSPS) is 9.78. The summed E-state index contributed by atoms with van der Waals surface area (Å²) in [6.07, 6.45) is 0. The number of benzene rings is 1. The number of carbonyl (C=O) groups excluding carboxylic acids is 1. The number of carbonyl (C=O) groups is 2. The summed E-state index contributed by atoms with van der Waals surface area (Å²) in [6, 6.07) is 1.46. The van der Waals surface area contributed by atoms with E-state index in [0.717, 1.165) is 0 Å². The number of esters is 1. The highest BCUT2D eigenvalue weighted by atomic mass is 16.5. The Bertz CT molecular complexity index is 492. The van der Waals surface area contributed by atoms with Crippen LogP contribution in [0.2, 0.25) is 0 Å². The van der Waals surface area contributed by atoms with Gasteiger partial charge in [-0.2, -0.15) is 0 Å². The number of aryl methyl sites for hydroxylation is 1. The molecule has 98 valence electrons. The van der Waals surface area contributed by atoms with E-state index in [1.54, 1.807) is 6.92 Å². The van der Waals surface area contributed by atoms with Crippen LogP contribution in [0.1, 0.15) is 26.3 Å². The summed E-state index contributed by atoms with van der Waals surface area (Å²) in [5, 5.41) is 9.15. The van der Waals surface area contributed by atoms with Crippen molar-refractivity contribution in [2.45, 2.75) is 6.92 Å². The monoisotopic (exact) mass is 254 g/mol. The molecule has 1 aromatic carbocycles. The van der Waals surface area contributed by atoms with Gasteiger partial charge in [0.05, 0.1) is 21.3 Å². The lowest BCUT2D eigenvalue weighted by molar-refractivity contribution is 0.0593. The molecule has 18 heavy (non-hydrogen) atoms. The maximum absolute atomic E-state index is 11.7. The third kappa shape index (κ3) is 2.22. The number of rotatable bonds is 4. The highest BCUT2D eigenvalue weighted by Crippen LogP contribution is 2.35. The second-order valence-electron chi connectivity index (χ2n) is 3.48. The van der Waals surface area contributed by atoms with Crippen LogP contribution < -0.4 is 9.47 Å². The average Bonchev–Trinajstić information content (AvgIpc) is 2.35. The van der Waals surface area contributed by atoms with Crippen molar-refractivity contribution in [2.75, 3.05) is 21.3 Å². The van der Waals surface area contributed by atoms with E-state index in [9.17, 15) is 9.59 Å². The quantitative estimate of drug-likeness (QED) is 0.820. The Balaban J connectivity index is 3.69. The molecule has 0 fully saturated rings. The predicted octanol–water partition coefficient (Wildman–Crippen LogP) is 1.50. The zero-order valence-corrected chi connectivity index (χ0v) is 10.6. The van der Waals surface area contributed by atoms with E-state index in [1.165, 1.54) is 27.4 Å². The molecule has 0 bridgehead atoms. The van der Waals surface area contributed by atoms with Crippen LogP contribution in [-0.2, 0) is 4.74 Å². The van der Waals surface area contributed by atoms with E-state index in [1.807, 2.05) is 0 Å². The third-order valence-electron chi connectivity index (χ3n) is 2.47. The van der Waals surface area contributed by atoms with Gasteiger partial charge in [-0.15, -0.1) is 0 Å². The molecule has 0 unspecified atom stereocenters. The maximum Gasteiger partial charge on any atom is 0.345 e. The lowest BCUT2D eigenvalue weighted by Crippen LogP contribution is -2.12. The van der Waals surface area contributed by atoms with Crippen molar-refractivity contribution in [1.82, 2.24) is 0 Å². The first kappa shape index (κ1) is 13.8. The number of carboxylic acids is 1. The largest absolute Gasteiger partial charge is 0.496 e. The Kier molecular flexibility index (Phi) is 4.14. The summed E-state index contributed by atoms with van der Waals surface area (Å²) in [5.41, 5.74) is 0.313. The van der Waals surface area contributed by atoms with E-state index in [2.05, 4.69) is 4.74 Å². The van der Waals surface area contributed by atoms with Crippen LogP contribution in [0.25, 0.3) is 0 Å². The van der Waals surface area contributed by atoms with E-state index in [0.29, 0.717) is 5.56 Å². The van der Waals surface area contributed by atoms with E-state index >= 15 is 0 Å². The van der Waals surface area contributed by atoms with Gasteiger partial charge in [0.15, 0.2) is 5.75 Å². The molecule has 0 spiro atoms. The van der Waals surface area contributed by atoms with Crippen molar-refractivity contribution in [3.63, 3.8) is 0 Å². The van der Waals surface area contributed by atoms with Gasteiger partial charge in [-0.1, -0.05) is 0 Å². The summed E-state index contributed by atoms with van der Waals surface area (Å²) in [7, 11) is 3.86. The Morgan fingerprint density at radius 1 is 1.11 bits per heavy atom. The number of methoxy groups -OCH3 is 3. The minimum Gasteiger partial charge on any atom is -0.496 e. The lowest BCUT2D eigenvalue weighted by Gasteiger charge is -2.15. The number of aromatic carboxylic acids is 1. The van der Waals surface area contributed by atoms with Crippen molar-refractivity contribution in [3.05, 3.63) is 22.8 Å². The second kappa shape index (κ2) is 5.39. The van der Waals surface area contributed by atoms with Crippen LogP contribution in [0.5, 0.6) is 11.5 Å². The standard InChI is InChI=1S/C12H14O6/c1-6-5-7(16-2)9(12(15)18-4)10(17-3)8(6)11(13)14/h5H,1-4H3,(H,13,14). The first-order valence-electron chi connectivity index (χ1n) is 5.05. The van der Waals surface area contributed by atoms with Gasteiger partial charge in [-0.25, -0.2) is 9.59 Å². The van der Waals surface area contributed by atoms with Gasteiger partial charge in [0.2, 0.25) is 0 Å². The van der Waals surface area contributed by atoms with Crippen molar-refractivity contribution >= 4 is 11.9 Å². The van der Waals surface area contributed by atoms with Crippen molar-refractivity contribution in [3.8, 4) is 11.5 Å². The van der Waals surface area contributed by atoms with Gasteiger partial charge >= 0.3 is 11.9 Å². The Labute approximate surface area is 104 Å². The van der Waals surface area contributed by atoms with Gasteiger partial charge < -0.3 is 19.3 Å². The Morgan fingerprint density at radius 2 is 1.72 bits per heavy atom. The van der Waals surface area contributed by atoms with E-state index in [-0.39, 0.29) is 22.6 Å². The Hall–Kier alpha value is -2.24. The van der Waals surface area contributed by atoms with Gasteiger partial charge in [-0.3, -0.25) is 0 Å². The summed E-state index contributed by atoms with van der Waals surface area (Å²) < 4.78 is 14.7. The molecule has 0 atom stereocenters. The highest BCUT2D eigenvalue weighted by Gasteiger charge is 2.27. The molecule has 0 saturated carbocycles. The minimum absolute atomic E-state index is 0.0366. The molecule has 1 rings (SSSR count). The summed E-state index contributed by atoms with van der Waals surface area (Å²) in [4.78, 5) is 22.9. The number of hydrogen-bond donors (Lipinski definition) is 1. The van der Waals surface area contributed by atoms with Crippen LogP contribution in [0, 0.1) is 6.92 Å². The Morgan fingerprint density at radius 3 is 2.11 bits per heavy atom. The molecule has 0 aliphatic heterocycles. The smallest absolute Gasteiger partial charge is 0.345 e. The van der Waals surface area contributed by atoms with Crippen molar-refractivity contribution < 1.29 is 28.9 Å². The molecule has 0 aliphatic rings. The molecule has 0 aromatic heterocycles. The summed E-state index contributed by atoms with van der Waals surface area (Å²) in [6.45, 7) is 1.59. The number of hydrogen-bond acceptors (Lipinski definition) is 5. The molecule has 0 radical (unpaired) electrons.